The van der Waals surface area contributed by atoms with Crippen molar-refractivity contribution in [1.29, 1.82) is 10.5 Å². The van der Waals surface area contributed by atoms with Gasteiger partial charge in [0.15, 0.2) is 0 Å². The standard InChI is InChI=1S/C34H30F3N9O/c1-32(2,34(35,36)37)18-42-29-21(15-39)16-41-28-20(14-38)9-22(10-26(28)29)43-30(27-17-46(45-44-27)33-11-19(12-33)13-33)24-5-4-6-25-23(24)7-8-40-31(25)47-3/h4-10,16-17,19,30,43H,11-13,18H2,1-3H3,(H,41,42)/t19?,30-,33?/m0/s1. The highest BCUT2D eigenvalue weighted by Gasteiger charge is 2.59. The molecule has 2 bridgehead atoms. The highest BCUT2D eigenvalue weighted by Crippen LogP contribution is 2.62. The number of nitriles is 2. The third-order valence-electron chi connectivity index (χ3n) is 9.60. The lowest BCUT2D eigenvalue weighted by molar-refractivity contribution is -0.206. The molecule has 0 unspecified atom stereocenters. The van der Waals surface area contributed by atoms with Crippen molar-refractivity contribution in [3.63, 3.8) is 0 Å². The summed E-state index contributed by atoms with van der Waals surface area (Å²) < 4.78 is 48.7. The first-order valence-corrected chi connectivity index (χ1v) is 15.2. The molecule has 0 radical (unpaired) electrons. The van der Waals surface area contributed by atoms with Crippen LogP contribution >= 0.6 is 0 Å². The Kier molecular flexibility index (Phi) is 6.97. The van der Waals surface area contributed by atoms with E-state index in [0.29, 0.717) is 22.6 Å². The van der Waals surface area contributed by atoms with Gasteiger partial charge in [-0.05, 0) is 74.2 Å². The van der Waals surface area contributed by atoms with Crippen molar-refractivity contribution in [3.05, 3.63) is 77.4 Å². The number of benzene rings is 2. The van der Waals surface area contributed by atoms with E-state index in [-0.39, 0.29) is 27.9 Å². The molecule has 0 aliphatic heterocycles. The van der Waals surface area contributed by atoms with Crippen molar-refractivity contribution in [2.24, 2.45) is 11.3 Å². The smallest absolute Gasteiger partial charge is 0.395 e. The van der Waals surface area contributed by atoms with E-state index in [4.69, 9.17) is 4.74 Å². The second-order valence-corrected chi connectivity index (χ2v) is 13.1. The van der Waals surface area contributed by atoms with E-state index in [1.807, 2.05) is 41.2 Å². The lowest BCUT2D eigenvalue weighted by Gasteiger charge is -2.61. The SMILES string of the molecule is COc1nccc2c([C@H](Nc3cc(C#N)c4ncc(C#N)c(NCC(C)(C)C(F)(F)F)c4c3)c3cn(C45CC(C4)C5)nn3)cccc12. The zero-order valence-electron chi connectivity index (χ0n) is 25.9. The zero-order chi connectivity index (χ0) is 33.1. The number of halogens is 3. The van der Waals surface area contributed by atoms with Gasteiger partial charge in [-0.2, -0.15) is 23.7 Å². The normalized spacial score (nSPS) is 19.3. The summed E-state index contributed by atoms with van der Waals surface area (Å²) in [5.41, 5.74) is 0.561. The van der Waals surface area contributed by atoms with E-state index in [9.17, 15) is 23.7 Å². The molecule has 8 rings (SSSR count). The van der Waals surface area contributed by atoms with Crippen molar-refractivity contribution in [2.75, 3.05) is 24.3 Å². The van der Waals surface area contributed by atoms with E-state index in [1.165, 1.54) is 6.20 Å². The summed E-state index contributed by atoms with van der Waals surface area (Å²) in [5.74, 6) is 1.21. The van der Waals surface area contributed by atoms with Crippen LogP contribution in [0.4, 0.5) is 24.5 Å². The average molecular weight is 638 g/mol. The molecule has 13 heteroatoms. The molecule has 10 nitrogen and oxygen atoms in total. The number of pyridine rings is 2. The molecule has 238 valence electrons. The van der Waals surface area contributed by atoms with Gasteiger partial charge >= 0.3 is 6.18 Å². The van der Waals surface area contributed by atoms with Crippen molar-refractivity contribution in [1.82, 2.24) is 25.0 Å². The number of aromatic nitrogens is 5. The van der Waals surface area contributed by atoms with Crippen LogP contribution < -0.4 is 15.4 Å². The molecule has 2 aromatic carbocycles. The van der Waals surface area contributed by atoms with Crippen LogP contribution in [0.15, 0.2) is 55.0 Å². The topological polar surface area (TPSA) is 137 Å². The van der Waals surface area contributed by atoms with Crippen molar-refractivity contribution in [2.45, 2.75) is 50.9 Å². The number of hydrogen-bond donors (Lipinski definition) is 2. The second kappa shape index (κ2) is 10.8. The predicted molar refractivity (Wildman–Crippen MR) is 169 cm³/mol. The summed E-state index contributed by atoms with van der Waals surface area (Å²) in [4.78, 5) is 8.70. The van der Waals surface area contributed by atoms with Crippen molar-refractivity contribution in [3.8, 4) is 18.0 Å². The van der Waals surface area contributed by atoms with Crippen LogP contribution in [0.5, 0.6) is 5.88 Å². The van der Waals surface area contributed by atoms with Crippen LogP contribution in [0, 0.1) is 34.0 Å². The molecule has 0 saturated heterocycles. The van der Waals surface area contributed by atoms with Gasteiger partial charge in [0.05, 0.1) is 52.6 Å². The molecule has 0 amide bonds. The summed E-state index contributed by atoms with van der Waals surface area (Å²) >= 11 is 0. The number of rotatable bonds is 9. The molecule has 3 aromatic heterocycles. The van der Waals surface area contributed by atoms with Crippen LogP contribution in [-0.4, -0.2) is 44.8 Å². The lowest BCUT2D eigenvalue weighted by atomic mass is 9.50. The molecule has 3 saturated carbocycles. The summed E-state index contributed by atoms with van der Waals surface area (Å²) in [6.07, 6.45) is 3.64. The average Bonchev–Trinajstić information content (AvgIpc) is 3.48. The van der Waals surface area contributed by atoms with Gasteiger partial charge in [0.2, 0.25) is 5.88 Å². The summed E-state index contributed by atoms with van der Waals surface area (Å²) in [7, 11) is 1.56. The Morgan fingerprint density at radius 2 is 1.81 bits per heavy atom. The van der Waals surface area contributed by atoms with Gasteiger partial charge < -0.3 is 15.4 Å². The van der Waals surface area contributed by atoms with Gasteiger partial charge in [-0.25, -0.2) is 9.67 Å². The zero-order valence-corrected chi connectivity index (χ0v) is 25.9. The first kappa shape index (κ1) is 30.2. The maximum Gasteiger partial charge on any atom is 0.395 e. The Hall–Kier alpha value is -5.43. The molecule has 3 fully saturated rings. The fraction of sp³-hybridized carbons (Fsp3) is 0.353. The molecule has 47 heavy (non-hydrogen) atoms. The first-order chi connectivity index (χ1) is 22.5. The van der Waals surface area contributed by atoms with Gasteiger partial charge in [-0.15, -0.1) is 5.10 Å². The number of ether oxygens (including phenoxy) is 1. The number of fused-ring (bicyclic) bond motifs is 2. The molecular formula is C34H30F3N9O. The number of nitrogens with one attached hydrogen (secondary N) is 2. The minimum atomic E-state index is -4.49. The molecule has 5 aromatic rings. The first-order valence-electron chi connectivity index (χ1n) is 15.2. The minimum absolute atomic E-state index is 0.00736. The van der Waals surface area contributed by atoms with E-state index >= 15 is 0 Å². The van der Waals surface area contributed by atoms with E-state index in [0.717, 1.165) is 55.4 Å². The van der Waals surface area contributed by atoms with E-state index < -0.39 is 24.2 Å². The number of alkyl halides is 3. The number of hydrogen-bond acceptors (Lipinski definition) is 9. The fourth-order valence-electron chi connectivity index (χ4n) is 6.61. The maximum absolute atomic E-state index is 13.7. The molecule has 1 atom stereocenters. The van der Waals surface area contributed by atoms with Crippen LogP contribution in [-0.2, 0) is 5.54 Å². The largest absolute Gasteiger partial charge is 0.481 e. The quantitative estimate of drug-likeness (QED) is 0.178. The van der Waals surface area contributed by atoms with Gasteiger partial charge in [0.25, 0.3) is 0 Å². The highest BCUT2D eigenvalue weighted by atomic mass is 19.4. The minimum Gasteiger partial charge on any atom is -0.481 e. The lowest BCUT2D eigenvalue weighted by Crippen LogP contribution is -2.59. The van der Waals surface area contributed by atoms with Crippen LogP contribution in [0.2, 0.25) is 0 Å². The van der Waals surface area contributed by atoms with Crippen molar-refractivity contribution >= 4 is 33.1 Å². The Morgan fingerprint density at radius 3 is 2.47 bits per heavy atom. The van der Waals surface area contributed by atoms with Crippen molar-refractivity contribution < 1.29 is 17.9 Å². The van der Waals surface area contributed by atoms with Crippen LogP contribution in [0.3, 0.4) is 0 Å². The monoisotopic (exact) mass is 637 g/mol. The fourth-order valence-corrected chi connectivity index (χ4v) is 6.61. The number of methoxy groups -OCH3 is 1. The Labute approximate surface area is 268 Å². The van der Waals surface area contributed by atoms with Gasteiger partial charge in [0, 0.05) is 35.4 Å². The Morgan fingerprint density at radius 1 is 1.04 bits per heavy atom. The maximum atomic E-state index is 13.7. The second-order valence-electron chi connectivity index (χ2n) is 13.1. The van der Waals surface area contributed by atoms with Crippen LogP contribution in [0.1, 0.15) is 61.5 Å². The van der Waals surface area contributed by atoms with E-state index in [1.54, 1.807) is 25.4 Å². The van der Waals surface area contributed by atoms with Gasteiger partial charge in [-0.3, -0.25) is 4.98 Å². The summed E-state index contributed by atoms with van der Waals surface area (Å²) in [5, 5.41) is 37.5. The Balaban J connectivity index is 1.36. The number of anilines is 2. The highest BCUT2D eigenvalue weighted by molar-refractivity contribution is 5.99. The number of nitrogens with zero attached hydrogens (tertiary/aromatic N) is 7. The third-order valence-corrected chi connectivity index (χ3v) is 9.60. The molecular weight excluding hydrogens is 607 g/mol. The Bertz CT molecular complexity index is 2110. The third kappa shape index (κ3) is 4.94. The van der Waals surface area contributed by atoms with Gasteiger partial charge in [-0.1, -0.05) is 17.3 Å². The predicted octanol–water partition coefficient (Wildman–Crippen LogP) is 6.84. The molecule has 3 aliphatic rings. The molecule has 0 spiro atoms. The molecule has 2 N–H and O–H groups in total. The van der Waals surface area contributed by atoms with E-state index in [2.05, 4.69) is 37.0 Å². The van der Waals surface area contributed by atoms with Gasteiger partial charge in [0.1, 0.15) is 17.8 Å². The summed E-state index contributed by atoms with van der Waals surface area (Å²) in [6.45, 7) is 1.68. The summed E-state index contributed by atoms with van der Waals surface area (Å²) in [6, 6.07) is 14.6. The molecule has 3 aliphatic carbocycles. The molecule has 3 heterocycles. The van der Waals surface area contributed by atoms with Crippen LogP contribution in [0.25, 0.3) is 21.7 Å².